The quantitative estimate of drug-likeness (QED) is 0.203. The van der Waals surface area contributed by atoms with Crippen LogP contribution in [0.5, 0.6) is 0 Å². The predicted octanol–water partition coefficient (Wildman–Crippen LogP) is 11.2. The predicted molar refractivity (Wildman–Crippen MR) is 186 cm³/mol. The highest BCUT2D eigenvalue weighted by molar-refractivity contribution is 6.11. The molecule has 0 aliphatic carbocycles. The van der Waals surface area contributed by atoms with Gasteiger partial charge in [-0.05, 0) is 76.9 Å². The van der Waals surface area contributed by atoms with Gasteiger partial charge < -0.3 is 9.13 Å². The van der Waals surface area contributed by atoms with Crippen molar-refractivity contribution in [1.82, 2.24) is 9.13 Å². The fourth-order valence-electron chi connectivity index (χ4n) is 6.87. The maximum absolute atomic E-state index is 2.38. The SMILES string of the molecule is c1ccc(-n2c3ccccc3c3cc(-c4ccc(-c5ccc6c7ccccc7n(-c7ccccc7)c6c5)cc4)ccc32)cc1. The van der Waals surface area contributed by atoms with Crippen LogP contribution in [-0.4, -0.2) is 9.13 Å². The summed E-state index contributed by atoms with van der Waals surface area (Å²) in [6.45, 7) is 0. The number of para-hydroxylation sites is 4. The van der Waals surface area contributed by atoms with Gasteiger partial charge in [-0.2, -0.15) is 0 Å². The van der Waals surface area contributed by atoms with E-state index in [9.17, 15) is 0 Å². The first kappa shape index (κ1) is 24.7. The Labute approximate surface area is 255 Å². The molecule has 0 aliphatic rings. The van der Waals surface area contributed by atoms with E-state index < -0.39 is 0 Å². The molecule has 44 heavy (non-hydrogen) atoms. The van der Waals surface area contributed by atoms with Gasteiger partial charge in [0.1, 0.15) is 0 Å². The Kier molecular flexibility index (Phi) is 5.54. The number of hydrogen-bond donors (Lipinski definition) is 0. The smallest absolute Gasteiger partial charge is 0.0547 e. The van der Waals surface area contributed by atoms with Crippen LogP contribution in [0.1, 0.15) is 0 Å². The van der Waals surface area contributed by atoms with Crippen LogP contribution in [0, 0.1) is 0 Å². The van der Waals surface area contributed by atoms with Crippen LogP contribution in [0.3, 0.4) is 0 Å². The average Bonchev–Trinajstić information content (AvgIpc) is 3.61. The molecule has 0 amide bonds. The van der Waals surface area contributed by atoms with Crippen LogP contribution in [0.2, 0.25) is 0 Å². The molecular formula is C42H28N2. The molecule has 9 aromatic rings. The number of nitrogens with zero attached hydrogens (tertiary/aromatic N) is 2. The zero-order valence-corrected chi connectivity index (χ0v) is 24.1. The molecule has 2 nitrogen and oxygen atoms in total. The van der Waals surface area contributed by atoms with Crippen molar-refractivity contribution >= 4 is 43.6 Å². The van der Waals surface area contributed by atoms with E-state index in [1.807, 2.05) is 0 Å². The number of aromatic nitrogens is 2. The Morgan fingerprint density at radius 3 is 1.27 bits per heavy atom. The second-order valence-corrected chi connectivity index (χ2v) is 11.4. The van der Waals surface area contributed by atoms with Gasteiger partial charge in [0.15, 0.2) is 0 Å². The highest BCUT2D eigenvalue weighted by atomic mass is 15.0. The Morgan fingerprint density at radius 2 is 0.659 bits per heavy atom. The van der Waals surface area contributed by atoms with Crippen molar-refractivity contribution < 1.29 is 0 Å². The van der Waals surface area contributed by atoms with Crippen molar-refractivity contribution in [2.45, 2.75) is 0 Å². The lowest BCUT2D eigenvalue weighted by Crippen LogP contribution is -1.93. The van der Waals surface area contributed by atoms with Crippen LogP contribution in [0.15, 0.2) is 170 Å². The molecule has 0 fully saturated rings. The second kappa shape index (κ2) is 9.86. The summed E-state index contributed by atoms with van der Waals surface area (Å²) in [5.74, 6) is 0. The maximum atomic E-state index is 2.38. The standard InChI is InChI=1S/C42H28N2/c1-3-11-33(12-4-1)43-40-18-10-8-16-36(40)38-27-31(24-26-41(38)43)29-19-21-30(22-20-29)32-23-25-37-35-15-7-9-17-39(35)44(42(37)28-32)34-13-5-2-6-14-34/h1-28H. The number of rotatable bonds is 4. The normalized spacial score (nSPS) is 11.6. The van der Waals surface area contributed by atoms with Crippen molar-refractivity contribution in [2.24, 2.45) is 0 Å². The van der Waals surface area contributed by atoms with Crippen LogP contribution in [-0.2, 0) is 0 Å². The average molecular weight is 561 g/mol. The van der Waals surface area contributed by atoms with E-state index in [4.69, 9.17) is 0 Å². The first-order chi connectivity index (χ1) is 21.8. The molecule has 0 saturated carbocycles. The summed E-state index contributed by atoms with van der Waals surface area (Å²) in [5.41, 5.74) is 12.1. The van der Waals surface area contributed by atoms with E-state index in [1.54, 1.807) is 0 Å². The number of benzene rings is 7. The molecule has 0 N–H and O–H groups in total. The summed E-state index contributed by atoms with van der Waals surface area (Å²) in [6, 6.07) is 61.4. The largest absolute Gasteiger partial charge is 0.309 e. The zero-order valence-electron chi connectivity index (χ0n) is 24.1. The topological polar surface area (TPSA) is 9.86 Å². The first-order valence-electron chi connectivity index (χ1n) is 15.1. The molecule has 0 radical (unpaired) electrons. The Hall–Kier alpha value is -5.86. The molecule has 0 aliphatic heterocycles. The molecule has 206 valence electrons. The van der Waals surface area contributed by atoms with Gasteiger partial charge in [-0.25, -0.2) is 0 Å². The molecule has 7 aromatic carbocycles. The van der Waals surface area contributed by atoms with Crippen molar-refractivity contribution in [3.8, 4) is 33.6 Å². The Bertz CT molecular complexity index is 2460. The van der Waals surface area contributed by atoms with E-state index in [-0.39, 0.29) is 0 Å². The van der Waals surface area contributed by atoms with Crippen LogP contribution in [0.25, 0.3) is 77.2 Å². The molecule has 2 aromatic heterocycles. The summed E-state index contributed by atoms with van der Waals surface area (Å²) in [7, 11) is 0. The van der Waals surface area contributed by atoms with E-state index in [0.717, 1.165) is 0 Å². The Morgan fingerprint density at radius 1 is 0.250 bits per heavy atom. The van der Waals surface area contributed by atoms with Crippen molar-refractivity contribution in [1.29, 1.82) is 0 Å². The Balaban J connectivity index is 1.14. The molecule has 9 rings (SSSR count). The summed E-state index contributed by atoms with van der Waals surface area (Å²) in [6.07, 6.45) is 0. The van der Waals surface area contributed by atoms with Gasteiger partial charge >= 0.3 is 0 Å². The molecule has 2 heteroatoms. The third-order valence-electron chi connectivity index (χ3n) is 8.93. The van der Waals surface area contributed by atoms with Crippen molar-refractivity contribution in [3.63, 3.8) is 0 Å². The van der Waals surface area contributed by atoms with Gasteiger partial charge in [-0.15, -0.1) is 0 Å². The van der Waals surface area contributed by atoms with Gasteiger partial charge in [0.2, 0.25) is 0 Å². The van der Waals surface area contributed by atoms with Crippen LogP contribution >= 0.6 is 0 Å². The van der Waals surface area contributed by atoms with Gasteiger partial charge in [-0.3, -0.25) is 0 Å². The lowest BCUT2D eigenvalue weighted by molar-refractivity contribution is 1.18. The lowest BCUT2D eigenvalue weighted by Gasteiger charge is -2.10. The van der Waals surface area contributed by atoms with E-state index >= 15 is 0 Å². The molecule has 0 atom stereocenters. The van der Waals surface area contributed by atoms with Crippen molar-refractivity contribution in [2.75, 3.05) is 0 Å². The molecule has 0 unspecified atom stereocenters. The third kappa shape index (κ3) is 3.82. The van der Waals surface area contributed by atoms with E-state index in [2.05, 4.69) is 179 Å². The first-order valence-corrected chi connectivity index (χ1v) is 15.1. The molecule has 2 heterocycles. The maximum Gasteiger partial charge on any atom is 0.0547 e. The minimum absolute atomic E-state index is 1.18. The van der Waals surface area contributed by atoms with Crippen LogP contribution < -0.4 is 0 Å². The highest BCUT2D eigenvalue weighted by Crippen LogP contribution is 2.37. The van der Waals surface area contributed by atoms with Gasteiger partial charge in [0.25, 0.3) is 0 Å². The number of hydrogen-bond acceptors (Lipinski definition) is 0. The summed E-state index contributed by atoms with van der Waals surface area (Å²) >= 11 is 0. The van der Waals surface area contributed by atoms with Gasteiger partial charge in [0, 0.05) is 32.9 Å². The highest BCUT2D eigenvalue weighted by Gasteiger charge is 2.15. The summed E-state index contributed by atoms with van der Waals surface area (Å²) < 4.78 is 4.74. The zero-order chi connectivity index (χ0) is 29.0. The van der Waals surface area contributed by atoms with Crippen LogP contribution in [0.4, 0.5) is 0 Å². The summed E-state index contributed by atoms with van der Waals surface area (Å²) in [4.78, 5) is 0. The minimum atomic E-state index is 1.18. The molecule has 0 spiro atoms. The molecule has 0 bridgehead atoms. The number of fused-ring (bicyclic) bond motifs is 6. The van der Waals surface area contributed by atoms with E-state index in [0.29, 0.717) is 0 Å². The second-order valence-electron chi connectivity index (χ2n) is 11.4. The van der Waals surface area contributed by atoms with Gasteiger partial charge in [-0.1, -0.05) is 115 Å². The monoisotopic (exact) mass is 560 g/mol. The summed E-state index contributed by atoms with van der Waals surface area (Å²) in [5, 5.41) is 5.09. The van der Waals surface area contributed by atoms with E-state index in [1.165, 1.54) is 77.2 Å². The minimum Gasteiger partial charge on any atom is -0.309 e. The fraction of sp³-hybridized carbons (Fsp3) is 0. The molecular weight excluding hydrogens is 532 g/mol. The van der Waals surface area contributed by atoms with Crippen molar-refractivity contribution in [3.05, 3.63) is 170 Å². The fourth-order valence-corrected chi connectivity index (χ4v) is 6.87. The lowest BCUT2D eigenvalue weighted by atomic mass is 9.98. The third-order valence-corrected chi connectivity index (χ3v) is 8.93. The van der Waals surface area contributed by atoms with Gasteiger partial charge in [0.05, 0.1) is 22.1 Å². The molecule has 0 saturated heterocycles.